The van der Waals surface area contributed by atoms with E-state index in [1.807, 2.05) is 12.1 Å². The molecule has 0 fully saturated rings. The van der Waals surface area contributed by atoms with Crippen molar-refractivity contribution >= 4 is 6.02 Å². The van der Waals surface area contributed by atoms with Crippen LogP contribution >= 0.6 is 0 Å². The van der Waals surface area contributed by atoms with Gasteiger partial charge in [-0.15, -0.1) is 0 Å². The van der Waals surface area contributed by atoms with Gasteiger partial charge in [-0.25, -0.2) is 13.8 Å². The summed E-state index contributed by atoms with van der Waals surface area (Å²) < 4.78 is 58.6. The topological polar surface area (TPSA) is 82.0 Å². The van der Waals surface area contributed by atoms with Crippen molar-refractivity contribution in [2.24, 2.45) is 4.99 Å². The van der Waals surface area contributed by atoms with Crippen LogP contribution in [0.2, 0.25) is 0 Å². The standard InChI is InChI=1S/C30H34F2N2O6/c1-30(23-8-6-7-9-24(23)31)28(32)27(18-35)40-29(33-30)34(16-19-10-12-21(36-2)14-25(19)38-4)17-20-11-13-22(37-3)15-26(20)39-5/h6-15,27-28,35H,16-18H2,1-5H3/t27-,28+,30-/m1/s1. The van der Waals surface area contributed by atoms with Crippen molar-refractivity contribution in [3.05, 3.63) is 83.2 Å². The highest BCUT2D eigenvalue weighted by atomic mass is 19.1. The fourth-order valence-electron chi connectivity index (χ4n) is 4.77. The van der Waals surface area contributed by atoms with Gasteiger partial charge in [0.1, 0.15) is 34.4 Å². The van der Waals surface area contributed by atoms with Crippen molar-refractivity contribution in [2.75, 3.05) is 35.0 Å². The molecule has 10 heteroatoms. The number of methoxy groups -OCH3 is 4. The fourth-order valence-corrected chi connectivity index (χ4v) is 4.77. The summed E-state index contributed by atoms with van der Waals surface area (Å²) in [6, 6.07) is 16.7. The van der Waals surface area contributed by atoms with Gasteiger partial charge < -0.3 is 33.7 Å². The van der Waals surface area contributed by atoms with Crippen LogP contribution in [-0.2, 0) is 23.4 Å². The molecule has 3 atom stereocenters. The predicted octanol–water partition coefficient (Wildman–Crippen LogP) is 4.86. The number of rotatable bonds is 10. The lowest BCUT2D eigenvalue weighted by Gasteiger charge is -2.41. The third kappa shape index (κ3) is 5.77. The van der Waals surface area contributed by atoms with Crippen LogP contribution in [0.5, 0.6) is 23.0 Å². The van der Waals surface area contributed by atoms with Crippen LogP contribution in [0.25, 0.3) is 0 Å². The minimum atomic E-state index is -1.81. The maximum atomic E-state index is 15.8. The zero-order valence-corrected chi connectivity index (χ0v) is 23.2. The van der Waals surface area contributed by atoms with Gasteiger partial charge in [-0.3, -0.25) is 0 Å². The number of aliphatic imine (C=N–C) groups is 1. The maximum absolute atomic E-state index is 15.8. The summed E-state index contributed by atoms with van der Waals surface area (Å²) in [7, 11) is 6.23. The highest BCUT2D eigenvalue weighted by Crippen LogP contribution is 2.40. The molecule has 1 N–H and O–H groups in total. The van der Waals surface area contributed by atoms with E-state index in [-0.39, 0.29) is 24.7 Å². The Morgan fingerprint density at radius 2 is 1.43 bits per heavy atom. The van der Waals surface area contributed by atoms with E-state index in [2.05, 4.69) is 4.99 Å². The number of hydrogen-bond donors (Lipinski definition) is 1. The molecule has 3 aromatic rings. The smallest absolute Gasteiger partial charge is 0.289 e. The molecule has 8 nitrogen and oxygen atoms in total. The summed E-state index contributed by atoms with van der Waals surface area (Å²) in [5.41, 5.74) is -0.0839. The first-order chi connectivity index (χ1) is 19.3. The molecule has 0 saturated heterocycles. The van der Waals surface area contributed by atoms with E-state index in [0.29, 0.717) is 23.0 Å². The Morgan fingerprint density at radius 3 is 1.90 bits per heavy atom. The van der Waals surface area contributed by atoms with Crippen molar-refractivity contribution in [1.82, 2.24) is 4.90 Å². The molecule has 214 valence electrons. The summed E-state index contributed by atoms with van der Waals surface area (Å²) in [5, 5.41) is 10.1. The Balaban J connectivity index is 1.84. The molecule has 0 unspecified atom stereocenters. The molecule has 0 saturated carbocycles. The lowest BCUT2D eigenvalue weighted by atomic mass is 9.84. The summed E-state index contributed by atoms with van der Waals surface area (Å²) in [6.07, 6.45) is -3.10. The van der Waals surface area contributed by atoms with Gasteiger partial charge in [0.15, 0.2) is 12.3 Å². The average Bonchev–Trinajstić information content (AvgIpc) is 2.98. The van der Waals surface area contributed by atoms with E-state index in [1.54, 1.807) is 63.7 Å². The molecule has 0 aliphatic carbocycles. The predicted molar refractivity (Wildman–Crippen MR) is 146 cm³/mol. The van der Waals surface area contributed by atoms with Crippen molar-refractivity contribution in [1.29, 1.82) is 0 Å². The molecule has 1 aliphatic rings. The second-order valence-electron chi connectivity index (χ2n) is 9.47. The van der Waals surface area contributed by atoms with Gasteiger partial charge in [0.2, 0.25) is 0 Å². The van der Waals surface area contributed by atoms with E-state index in [4.69, 9.17) is 23.7 Å². The normalized spacial score (nSPS) is 20.2. The Kier molecular flexibility index (Phi) is 8.99. The van der Waals surface area contributed by atoms with Crippen molar-refractivity contribution < 1.29 is 37.6 Å². The van der Waals surface area contributed by atoms with E-state index in [0.717, 1.165) is 11.1 Å². The van der Waals surface area contributed by atoms with E-state index < -0.39 is 30.2 Å². The van der Waals surface area contributed by atoms with Crippen LogP contribution in [0.1, 0.15) is 23.6 Å². The molecule has 1 heterocycles. The Bertz CT molecular complexity index is 1300. The highest BCUT2D eigenvalue weighted by Gasteiger charge is 2.48. The van der Waals surface area contributed by atoms with Crippen LogP contribution < -0.4 is 18.9 Å². The molecule has 1 aliphatic heterocycles. The van der Waals surface area contributed by atoms with Crippen molar-refractivity contribution in [2.45, 2.75) is 37.8 Å². The number of nitrogens with zero attached hydrogens (tertiary/aromatic N) is 2. The van der Waals surface area contributed by atoms with Gasteiger partial charge in [0, 0.05) is 28.8 Å². The first-order valence-corrected chi connectivity index (χ1v) is 12.7. The molecule has 0 amide bonds. The third-order valence-corrected chi connectivity index (χ3v) is 7.03. The fraction of sp³-hybridized carbons (Fsp3) is 0.367. The number of ether oxygens (including phenoxy) is 5. The quantitative estimate of drug-likeness (QED) is 0.382. The summed E-state index contributed by atoms with van der Waals surface area (Å²) in [4.78, 5) is 6.42. The molecule has 0 radical (unpaired) electrons. The Hall–Kier alpha value is -4.05. The second-order valence-corrected chi connectivity index (χ2v) is 9.47. The zero-order valence-electron chi connectivity index (χ0n) is 23.2. The number of halogens is 2. The number of hydrogen-bond acceptors (Lipinski definition) is 8. The SMILES string of the molecule is COc1ccc(CN(Cc2ccc(OC)cc2OC)C2=N[C@](C)(c3ccccc3F)[C@@H](F)[C@@H](CO)O2)c(OC)c1. The largest absolute Gasteiger partial charge is 0.497 e. The van der Waals surface area contributed by atoms with Gasteiger partial charge in [0.25, 0.3) is 6.02 Å². The highest BCUT2D eigenvalue weighted by molar-refractivity contribution is 5.76. The molecule has 0 spiro atoms. The van der Waals surface area contributed by atoms with Crippen LogP contribution in [0.4, 0.5) is 8.78 Å². The van der Waals surface area contributed by atoms with Crippen LogP contribution in [-0.4, -0.2) is 63.3 Å². The monoisotopic (exact) mass is 556 g/mol. The van der Waals surface area contributed by atoms with Gasteiger partial charge in [-0.05, 0) is 37.3 Å². The van der Waals surface area contributed by atoms with Gasteiger partial charge >= 0.3 is 0 Å². The number of benzene rings is 3. The van der Waals surface area contributed by atoms with Crippen LogP contribution in [0.3, 0.4) is 0 Å². The average molecular weight is 557 g/mol. The molecule has 0 aromatic heterocycles. The first-order valence-electron chi connectivity index (χ1n) is 12.7. The first kappa shape index (κ1) is 28.9. The van der Waals surface area contributed by atoms with Gasteiger partial charge in [-0.2, -0.15) is 0 Å². The number of amidine groups is 1. The third-order valence-electron chi connectivity index (χ3n) is 7.03. The molecular weight excluding hydrogens is 522 g/mol. The van der Waals surface area contributed by atoms with Crippen molar-refractivity contribution in [3.8, 4) is 23.0 Å². The van der Waals surface area contributed by atoms with Crippen molar-refractivity contribution in [3.63, 3.8) is 0 Å². The summed E-state index contributed by atoms with van der Waals surface area (Å²) in [6.45, 7) is 1.30. The Labute approximate surface area is 232 Å². The lowest BCUT2D eigenvalue weighted by Crippen LogP contribution is -2.52. The molecule has 3 aromatic carbocycles. The molecular formula is C30H34F2N2O6. The Morgan fingerprint density at radius 1 is 0.875 bits per heavy atom. The van der Waals surface area contributed by atoms with Gasteiger partial charge in [0.05, 0.1) is 48.1 Å². The number of aliphatic hydroxyl groups is 1. The minimum Gasteiger partial charge on any atom is -0.497 e. The second kappa shape index (κ2) is 12.4. The maximum Gasteiger partial charge on any atom is 0.289 e. The van der Waals surface area contributed by atoms with E-state index in [9.17, 15) is 9.50 Å². The van der Waals surface area contributed by atoms with Crippen LogP contribution in [0, 0.1) is 5.82 Å². The van der Waals surface area contributed by atoms with Gasteiger partial charge in [-0.1, -0.05) is 18.2 Å². The zero-order chi connectivity index (χ0) is 28.9. The number of alkyl halides is 1. The molecule has 40 heavy (non-hydrogen) atoms. The minimum absolute atomic E-state index is 0.0365. The molecule has 4 rings (SSSR count). The number of aliphatic hydroxyl groups excluding tert-OH is 1. The van der Waals surface area contributed by atoms with Crippen LogP contribution in [0.15, 0.2) is 65.7 Å². The van der Waals surface area contributed by atoms with E-state index >= 15 is 4.39 Å². The lowest BCUT2D eigenvalue weighted by molar-refractivity contribution is -0.0268. The summed E-state index contributed by atoms with van der Waals surface area (Å²) >= 11 is 0. The molecule has 0 bridgehead atoms. The van der Waals surface area contributed by atoms with E-state index in [1.165, 1.54) is 25.1 Å². The summed E-state index contributed by atoms with van der Waals surface area (Å²) in [5.74, 6) is 1.74.